The molecule has 86 heavy (non-hydrogen) atoms. The van der Waals surface area contributed by atoms with Gasteiger partial charge in [-0.1, -0.05) is 56.8 Å². The van der Waals surface area contributed by atoms with Crippen LogP contribution in [0.25, 0.3) is 32.7 Å². The molecule has 8 rings (SSSR count). The molecule has 2 saturated carbocycles. The summed E-state index contributed by atoms with van der Waals surface area (Å²) < 4.78 is 46.2. The van der Waals surface area contributed by atoms with Crippen molar-refractivity contribution < 1.29 is 66.7 Å². The topological polar surface area (TPSA) is 176 Å². The van der Waals surface area contributed by atoms with Crippen LogP contribution in [0.1, 0.15) is 122 Å². The summed E-state index contributed by atoms with van der Waals surface area (Å²) in [5.41, 5.74) is 1.31. The molecular weight excluding hydrogens is 1180 g/mol. The van der Waals surface area contributed by atoms with Gasteiger partial charge < -0.3 is 37.9 Å². The minimum atomic E-state index is -0.468. The molecule has 14 nitrogen and oxygen atoms in total. The lowest BCUT2D eigenvalue weighted by Gasteiger charge is -2.27. The smallest absolute Gasteiger partial charge is 0.330 e. The Bertz CT molecular complexity index is 3290. The van der Waals surface area contributed by atoms with Crippen molar-refractivity contribution in [2.45, 2.75) is 127 Å². The van der Waals surface area contributed by atoms with Crippen LogP contribution in [0.3, 0.4) is 0 Å². The zero-order valence-electron chi connectivity index (χ0n) is 49.0. The van der Waals surface area contributed by atoms with Gasteiger partial charge in [-0.05, 0) is 237 Å². The van der Waals surface area contributed by atoms with Crippen molar-refractivity contribution in [3.63, 3.8) is 0 Å². The second-order valence-corrected chi connectivity index (χ2v) is 23.9. The maximum absolute atomic E-state index is 14.2. The third-order valence-corrected chi connectivity index (χ3v) is 17.3. The Morgan fingerprint density at radius 2 is 0.884 bits per heavy atom. The molecule has 0 bridgehead atoms. The summed E-state index contributed by atoms with van der Waals surface area (Å²) in [5.74, 6) is -0.232. The van der Waals surface area contributed by atoms with Crippen LogP contribution >= 0.6 is 27.7 Å². The van der Waals surface area contributed by atoms with E-state index in [-0.39, 0.29) is 35.3 Å². The highest BCUT2D eigenvalue weighted by atomic mass is 79.9. The minimum Gasteiger partial charge on any atom is -0.494 e. The maximum Gasteiger partial charge on any atom is 0.330 e. The first-order valence-electron chi connectivity index (χ1n) is 30.2. The third-order valence-electron chi connectivity index (χ3n) is 15.6. The summed E-state index contributed by atoms with van der Waals surface area (Å²) in [6.07, 6.45) is 15.1. The predicted molar refractivity (Wildman–Crippen MR) is 337 cm³/mol. The van der Waals surface area contributed by atoms with Gasteiger partial charge in [-0.15, -0.1) is 11.8 Å². The number of ether oxygens (including phenoxy) is 8. The molecule has 0 N–H and O–H groups in total. The van der Waals surface area contributed by atoms with Gasteiger partial charge in [-0.25, -0.2) is 9.59 Å². The number of rotatable bonds is 31. The molecule has 2 fully saturated rings. The van der Waals surface area contributed by atoms with Crippen LogP contribution in [0.2, 0.25) is 0 Å². The second kappa shape index (κ2) is 33.5. The van der Waals surface area contributed by atoms with Crippen molar-refractivity contribution in [3.05, 3.63) is 139 Å². The SMILES string of the molecule is C=CC(=O)OCCCCCCOc1ccc(OC(=O)C2CCC(C(=O)Oc3cc(Br)c(OC(=O)C4CCC(C(=O)Oc5ccc(OCCCCCCOC(=O)C=C)cc5)CC4)c(-c4ccc5c(ccc6cc(SCCCC)ccc65)c4)c3)CC2)cc1. The first kappa shape index (κ1) is 64.6. The number of hydrogen-bond acceptors (Lipinski definition) is 15. The summed E-state index contributed by atoms with van der Waals surface area (Å²) in [7, 11) is 0. The molecule has 454 valence electrons. The van der Waals surface area contributed by atoms with Crippen LogP contribution in [0.5, 0.6) is 34.5 Å². The second-order valence-electron chi connectivity index (χ2n) is 21.9. The zero-order chi connectivity index (χ0) is 60.6. The van der Waals surface area contributed by atoms with Gasteiger partial charge >= 0.3 is 35.8 Å². The van der Waals surface area contributed by atoms with Crippen LogP contribution in [0.15, 0.2) is 144 Å². The Kier molecular flexibility index (Phi) is 25.1. The van der Waals surface area contributed by atoms with Gasteiger partial charge in [0.25, 0.3) is 0 Å². The van der Waals surface area contributed by atoms with Gasteiger partial charge in [0.15, 0.2) is 5.75 Å². The lowest BCUT2D eigenvalue weighted by molar-refractivity contribution is -0.145. The number of halogens is 1. The number of esters is 6. The third kappa shape index (κ3) is 19.3. The number of thioether (sulfide) groups is 1. The van der Waals surface area contributed by atoms with Crippen molar-refractivity contribution in [1.82, 2.24) is 0 Å². The normalized spacial score (nSPS) is 16.5. The number of carbonyl (C=O) groups excluding carboxylic acids is 6. The van der Waals surface area contributed by atoms with Crippen molar-refractivity contribution >= 4 is 85.1 Å². The van der Waals surface area contributed by atoms with Crippen molar-refractivity contribution in [3.8, 4) is 45.6 Å². The van der Waals surface area contributed by atoms with Gasteiger partial charge in [-0.3, -0.25) is 19.2 Å². The summed E-state index contributed by atoms with van der Waals surface area (Å²) in [4.78, 5) is 78.4. The summed E-state index contributed by atoms with van der Waals surface area (Å²) in [6, 6.07) is 34.2. The van der Waals surface area contributed by atoms with Gasteiger partial charge in [0.1, 0.15) is 28.7 Å². The molecular formula is C70H77BrO14S. The molecule has 0 unspecified atom stereocenters. The average molecular weight is 1250 g/mol. The molecule has 16 heteroatoms. The highest BCUT2D eigenvalue weighted by molar-refractivity contribution is 9.10. The summed E-state index contributed by atoms with van der Waals surface area (Å²) in [6.45, 7) is 10.8. The van der Waals surface area contributed by atoms with E-state index in [9.17, 15) is 28.8 Å². The molecule has 0 saturated heterocycles. The van der Waals surface area contributed by atoms with Gasteiger partial charge in [0, 0.05) is 22.6 Å². The Morgan fingerprint density at radius 3 is 1.35 bits per heavy atom. The molecule has 0 amide bonds. The largest absolute Gasteiger partial charge is 0.494 e. The van der Waals surface area contributed by atoms with E-state index in [2.05, 4.69) is 78.5 Å². The molecule has 6 aromatic rings. The van der Waals surface area contributed by atoms with Crippen molar-refractivity contribution in [2.24, 2.45) is 23.7 Å². The predicted octanol–water partition coefficient (Wildman–Crippen LogP) is 16.3. The summed E-state index contributed by atoms with van der Waals surface area (Å²) in [5, 5.41) is 4.33. The Labute approximate surface area is 516 Å². The molecule has 0 aromatic heterocycles. The Hall–Kier alpha value is -7.43. The average Bonchev–Trinajstić information content (AvgIpc) is 1.21. The van der Waals surface area contributed by atoms with Gasteiger partial charge in [0.2, 0.25) is 0 Å². The quantitative estimate of drug-likeness (QED) is 0.0100. The fraction of sp³-hybridized carbons (Fsp3) is 0.400. The number of carbonyl (C=O) groups is 6. The minimum absolute atomic E-state index is 0.274. The van der Waals surface area contributed by atoms with Gasteiger partial charge in [0.05, 0.1) is 54.6 Å². The summed E-state index contributed by atoms with van der Waals surface area (Å²) >= 11 is 5.56. The number of hydrogen-bond donors (Lipinski definition) is 0. The highest BCUT2D eigenvalue weighted by Crippen LogP contribution is 2.44. The lowest BCUT2D eigenvalue weighted by Crippen LogP contribution is -2.30. The Balaban J connectivity index is 0.860. The fourth-order valence-corrected chi connectivity index (χ4v) is 12.2. The van der Waals surface area contributed by atoms with Crippen LogP contribution in [-0.2, 0) is 38.2 Å². The number of unbranched alkanes of at least 4 members (excludes halogenated alkanes) is 7. The molecule has 0 atom stereocenters. The zero-order valence-corrected chi connectivity index (χ0v) is 51.4. The molecule has 6 aromatic carbocycles. The number of benzene rings is 6. The van der Waals surface area contributed by atoms with Crippen LogP contribution < -0.4 is 28.4 Å². The van der Waals surface area contributed by atoms with E-state index in [0.717, 1.165) is 109 Å². The van der Waals surface area contributed by atoms with Gasteiger partial charge in [-0.2, -0.15) is 0 Å². The number of fused-ring (bicyclic) bond motifs is 3. The molecule has 0 heterocycles. The van der Waals surface area contributed by atoms with Crippen LogP contribution in [0, 0.1) is 23.7 Å². The first-order valence-corrected chi connectivity index (χ1v) is 32.0. The van der Waals surface area contributed by atoms with E-state index in [4.69, 9.17) is 37.9 Å². The first-order chi connectivity index (χ1) is 41.9. The van der Waals surface area contributed by atoms with E-state index >= 15 is 0 Å². The molecule has 2 aliphatic carbocycles. The molecule has 2 aliphatic rings. The molecule has 0 aliphatic heterocycles. The fourth-order valence-electron chi connectivity index (χ4n) is 10.7. The highest BCUT2D eigenvalue weighted by Gasteiger charge is 2.35. The van der Waals surface area contributed by atoms with Crippen molar-refractivity contribution in [1.29, 1.82) is 0 Å². The van der Waals surface area contributed by atoms with E-state index in [0.29, 0.717) is 111 Å². The van der Waals surface area contributed by atoms with E-state index < -0.39 is 35.7 Å². The van der Waals surface area contributed by atoms with E-state index in [1.54, 1.807) is 60.7 Å². The van der Waals surface area contributed by atoms with E-state index in [1.165, 1.54) is 4.90 Å². The van der Waals surface area contributed by atoms with E-state index in [1.807, 2.05) is 17.8 Å². The molecule has 0 radical (unpaired) electrons. The monoisotopic (exact) mass is 1250 g/mol. The van der Waals surface area contributed by atoms with Crippen LogP contribution in [0.4, 0.5) is 0 Å². The lowest BCUT2D eigenvalue weighted by atomic mass is 9.82. The standard InChI is InChI=1S/C70H77BrO14S/c1-4-7-42-86-59-35-37-61-53(44-59)25-24-51-43-52(26-36-60(51)61)62-45-58(84-69(76)49-18-16-47(17-19-49)67(74)82-56-31-27-54(28-32-56)78-38-12-8-10-14-40-80-64(72)5-2)46-63(71)66(62)85-70(77)50-22-20-48(21-23-50)68(75)83-57-33-29-55(30-34-57)79-39-13-9-11-15-41-81-65(73)6-3/h5-6,24-37,43-50H,2-4,7-23,38-42H2,1H3. The van der Waals surface area contributed by atoms with Crippen LogP contribution in [-0.4, -0.2) is 68.0 Å². The molecule has 0 spiro atoms. The van der Waals surface area contributed by atoms with Crippen molar-refractivity contribution in [2.75, 3.05) is 32.2 Å². The maximum atomic E-state index is 14.2. The Morgan fingerprint density at radius 1 is 0.465 bits per heavy atom.